The van der Waals surface area contributed by atoms with Crippen molar-refractivity contribution in [2.75, 3.05) is 55.4 Å². The molecule has 3 unspecified atom stereocenters. The number of nitrogens with zero attached hydrogens (tertiary/aromatic N) is 7. The third-order valence-electron chi connectivity index (χ3n) is 18.1. The molecule has 0 aromatic heterocycles. The van der Waals surface area contributed by atoms with Crippen LogP contribution in [0.15, 0.2) is 84.5 Å². The number of likely N-dealkylation sites (N-methyl/N-ethyl adjacent to an activating group) is 6. The fourth-order valence-electron chi connectivity index (χ4n) is 11.8. The van der Waals surface area contributed by atoms with Crippen molar-refractivity contribution in [3.63, 3.8) is 0 Å². The van der Waals surface area contributed by atoms with Crippen molar-refractivity contribution in [3.8, 4) is 0 Å². The minimum atomic E-state index is -1.64. The molecule has 2 aromatic rings. The molecule has 0 bridgehead atoms. The van der Waals surface area contributed by atoms with Crippen molar-refractivity contribution >= 4 is 59.1 Å². The van der Waals surface area contributed by atoms with Crippen LogP contribution in [0.1, 0.15) is 125 Å². The average Bonchev–Trinajstić information content (AvgIpc) is 3.43. The van der Waals surface area contributed by atoms with E-state index in [-0.39, 0.29) is 56.3 Å². The molecular formula is C67H100N10O11. The quantitative estimate of drug-likeness (QED) is 0.232. The Hall–Kier alpha value is -7.42. The summed E-state index contributed by atoms with van der Waals surface area (Å²) in [5.74, 6) is -7.47. The van der Waals surface area contributed by atoms with Gasteiger partial charge in [-0.05, 0) is 88.2 Å². The van der Waals surface area contributed by atoms with Crippen LogP contribution in [0.3, 0.4) is 0 Å². The van der Waals surface area contributed by atoms with Crippen molar-refractivity contribution in [1.29, 1.82) is 0 Å². The maximum Gasteiger partial charge on any atom is 0.248 e. The number of rotatable bonds is 12. The number of carbonyl (C=O) groups excluding carboxylic acids is 10. The predicted molar refractivity (Wildman–Crippen MR) is 337 cm³/mol. The second kappa shape index (κ2) is 32.7. The van der Waals surface area contributed by atoms with E-state index in [4.69, 9.17) is 0 Å². The van der Waals surface area contributed by atoms with E-state index in [9.17, 15) is 43.5 Å². The van der Waals surface area contributed by atoms with Gasteiger partial charge in [0.15, 0.2) is 0 Å². The summed E-state index contributed by atoms with van der Waals surface area (Å²) in [7, 11) is 8.72. The zero-order valence-electron chi connectivity index (χ0n) is 54.7. The van der Waals surface area contributed by atoms with E-state index in [1.54, 1.807) is 55.3 Å². The third kappa shape index (κ3) is 18.1. The Labute approximate surface area is 522 Å². The van der Waals surface area contributed by atoms with E-state index in [0.29, 0.717) is 30.6 Å². The Kier molecular flexibility index (Phi) is 26.5. The molecule has 10 amide bonds. The first-order valence-electron chi connectivity index (χ1n) is 31.4. The monoisotopic (exact) mass is 1220 g/mol. The van der Waals surface area contributed by atoms with Crippen LogP contribution in [0.2, 0.25) is 0 Å². The molecule has 21 heteroatoms. The minimum absolute atomic E-state index is 0.0564. The SMILES string of the molecule is CC[C@H](C)[C@@H]1NC(=O)[C@H](CC(C)C)N(C)C(=O)[C@H](Cc2ccccc2)N(C)C(=O)CCC2=CC=CC2C(C(=O)N2CCCCC2)NC(=O)[C@H](CC(C)C)N(C)C(=O)[C@H](C)N(C)C(=O)[C@H](C(C)O)NC(=O)[C@H](Cc2ccccc2)N(C)C(=O)[C@H](C)N(C)C1=O. The maximum atomic E-state index is 15.2. The van der Waals surface area contributed by atoms with Crippen molar-refractivity contribution in [2.45, 2.75) is 187 Å². The van der Waals surface area contributed by atoms with Gasteiger partial charge in [-0.15, -0.1) is 0 Å². The molecule has 484 valence electrons. The molecular weight excluding hydrogens is 1120 g/mol. The van der Waals surface area contributed by atoms with Gasteiger partial charge in [0, 0.05) is 80.6 Å². The van der Waals surface area contributed by atoms with Gasteiger partial charge in [-0.25, -0.2) is 0 Å². The van der Waals surface area contributed by atoms with Gasteiger partial charge >= 0.3 is 0 Å². The summed E-state index contributed by atoms with van der Waals surface area (Å²) in [5, 5.41) is 20.0. The lowest BCUT2D eigenvalue weighted by Gasteiger charge is -2.38. The van der Waals surface area contributed by atoms with E-state index in [0.717, 1.165) is 29.7 Å². The Morgan fingerprint density at radius 3 is 1.47 bits per heavy atom. The van der Waals surface area contributed by atoms with Crippen LogP contribution < -0.4 is 16.0 Å². The molecule has 0 radical (unpaired) electrons. The largest absolute Gasteiger partial charge is 0.391 e. The van der Waals surface area contributed by atoms with Gasteiger partial charge in [-0.1, -0.05) is 132 Å². The van der Waals surface area contributed by atoms with E-state index in [1.165, 1.54) is 80.5 Å². The molecule has 2 fully saturated rings. The lowest BCUT2D eigenvalue weighted by atomic mass is 9.89. The molecule has 21 nitrogen and oxygen atoms in total. The highest BCUT2D eigenvalue weighted by molar-refractivity contribution is 5.99. The van der Waals surface area contributed by atoms with Crippen LogP contribution in [0.4, 0.5) is 0 Å². The molecule has 1 aliphatic carbocycles. The number of benzene rings is 2. The Balaban J connectivity index is 1.64. The van der Waals surface area contributed by atoms with E-state index < -0.39 is 125 Å². The number of hydrogen-bond donors (Lipinski definition) is 4. The molecule has 0 spiro atoms. The first-order chi connectivity index (χ1) is 41.5. The second-order valence-corrected chi connectivity index (χ2v) is 25.4. The van der Waals surface area contributed by atoms with Crippen LogP contribution in [-0.4, -0.2) is 214 Å². The predicted octanol–water partition coefficient (Wildman–Crippen LogP) is 4.37. The van der Waals surface area contributed by atoms with Gasteiger partial charge in [0.2, 0.25) is 59.1 Å². The van der Waals surface area contributed by atoms with Gasteiger partial charge in [-0.2, -0.15) is 0 Å². The van der Waals surface area contributed by atoms with Crippen LogP contribution in [0.5, 0.6) is 0 Å². The summed E-state index contributed by atoms with van der Waals surface area (Å²) < 4.78 is 0. The van der Waals surface area contributed by atoms with Crippen LogP contribution in [0.25, 0.3) is 0 Å². The first kappa shape index (κ1) is 71.3. The molecule has 3 aliphatic rings. The van der Waals surface area contributed by atoms with Gasteiger partial charge in [-0.3, -0.25) is 47.9 Å². The number of nitrogens with one attached hydrogen (secondary N) is 3. The third-order valence-corrected chi connectivity index (χ3v) is 18.1. The van der Waals surface area contributed by atoms with Gasteiger partial charge in [0.1, 0.15) is 54.4 Å². The highest BCUT2D eigenvalue weighted by Crippen LogP contribution is 2.31. The van der Waals surface area contributed by atoms with E-state index in [1.807, 2.05) is 77.1 Å². The Bertz CT molecular complexity index is 2820. The summed E-state index contributed by atoms with van der Waals surface area (Å²) in [6.07, 6.45) is 7.28. The van der Waals surface area contributed by atoms with Crippen LogP contribution >= 0.6 is 0 Å². The topological polar surface area (TPSA) is 250 Å². The lowest BCUT2D eigenvalue weighted by molar-refractivity contribution is -0.151. The number of piperidine rings is 1. The number of aliphatic hydroxyl groups excluding tert-OH is 1. The number of amides is 10. The van der Waals surface area contributed by atoms with E-state index >= 15 is 9.59 Å². The Morgan fingerprint density at radius 2 is 0.977 bits per heavy atom. The highest BCUT2D eigenvalue weighted by Gasteiger charge is 2.44. The standard InChI is InChI=1S/C67H100N10O11/c1-16-43(6)56-65(86)71(10)44(7)63(84)75(14)53(39-47-27-20-17-21-28-47)61(82)69-57(46(9)78)66(87)72(11)45(8)62(83)74(13)51(37-41(2)3)60(81)70-58(67(88)77-35-24-19-25-36-77)50-32-26-31-49(50)33-34-55(79)73(12)54(40-48-29-22-18-23-30-48)64(85)76(15)52(38-42(4)5)59(80)68-56/h17-18,20-23,26-32,41-46,50-54,56-58,78H,16,19,24-25,33-40H2,1-15H3,(H,68,80)(H,69,82)(H,70,81)/t43-,44-,45-,46?,50?,51-,52-,53-,54-,56-,57-,58?/m0/s1. The summed E-state index contributed by atoms with van der Waals surface area (Å²) in [6, 6.07) is 6.93. The van der Waals surface area contributed by atoms with Crippen LogP contribution in [0, 0.1) is 23.7 Å². The summed E-state index contributed by atoms with van der Waals surface area (Å²) in [6.45, 7) is 16.5. The molecule has 5 rings (SSSR count). The van der Waals surface area contributed by atoms with Crippen molar-refractivity contribution < 1.29 is 53.1 Å². The smallest absolute Gasteiger partial charge is 0.248 e. The van der Waals surface area contributed by atoms with Crippen molar-refractivity contribution in [3.05, 3.63) is 95.6 Å². The van der Waals surface area contributed by atoms with Crippen molar-refractivity contribution in [2.24, 2.45) is 23.7 Å². The molecule has 12 atom stereocenters. The summed E-state index contributed by atoms with van der Waals surface area (Å²) >= 11 is 0. The fourth-order valence-corrected chi connectivity index (χ4v) is 11.8. The second-order valence-electron chi connectivity index (χ2n) is 25.4. The maximum absolute atomic E-state index is 15.2. The number of allylic oxidation sites excluding steroid dienone is 2. The molecule has 2 heterocycles. The molecule has 2 aromatic carbocycles. The number of fused-ring (bicyclic) bond motifs is 1. The highest BCUT2D eigenvalue weighted by atomic mass is 16.3. The normalized spacial score (nSPS) is 27.0. The number of aliphatic hydroxyl groups is 1. The molecule has 2 saturated heterocycles. The lowest BCUT2D eigenvalue weighted by Crippen LogP contribution is -2.62. The first-order valence-corrected chi connectivity index (χ1v) is 31.4. The molecule has 2 aliphatic heterocycles. The molecule has 0 saturated carbocycles. The average molecular weight is 1220 g/mol. The number of likely N-dealkylation sites (tertiary alicyclic amines) is 1. The summed E-state index contributed by atoms with van der Waals surface area (Å²) in [5.41, 5.74) is 2.10. The molecule has 88 heavy (non-hydrogen) atoms. The zero-order valence-corrected chi connectivity index (χ0v) is 54.7. The number of carbonyl (C=O) groups is 10. The summed E-state index contributed by atoms with van der Waals surface area (Å²) in [4.78, 5) is 158. The molecule has 4 N–H and O–H groups in total. The van der Waals surface area contributed by atoms with Gasteiger partial charge in [0.25, 0.3) is 0 Å². The zero-order chi connectivity index (χ0) is 65.4. The fraction of sp³-hybridized carbons (Fsp3) is 0.612. The Morgan fingerprint density at radius 1 is 0.534 bits per heavy atom. The number of hydrogen-bond acceptors (Lipinski definition) is 11. The van der Waals surface area contributed by atoms with E-state index in [2.05, 4.69) is 16.0 Å². The van der Waals surface area contributed by atoms with Gasteiger partial charge < -0.3 is 55.4 Å². The van der Waals surface area contributed by atoms with Crippen molar-refractivity contribution in [1.82, 2.24) is 50.2 Å². The van der Waals surface area contributed by atoms with Crippen LogP contribution in [-0.2, 0) is 60.8 Å². The minimum Gasteiger partial charge on any atom is -0.391 e. The van der Waals surface area contributed by atoms with Gasteiger partial charge in [0.05, 0.1) is 6.10 Å².